The minimum Gasteiger partial charge on any atom is -0.493 e. The van der Waals surface area contributed by atoms with Crippen LogP contribution in [0.1, 0.15) is 17.5 Å². The zero-order valence-electron chi connectivity index (χ0n) is 12.0. The average Bonchev–Trinajstić information content (AvgIpc) is 2.83. The lowest BCUT2D eigenvalue weighted by Crippen LogP contribution is -2.64. The van der Waals surface area contributed by atoms with Crippen molar-refractivity contribution >= 4 is 0 Å². The Balaban J connectivity index is 1.84. The van der Waals surface area contributed by atoms with Crippen LogP contribution in [0.4, 0.5) is 0 Å². The molecule has 0 unspecified atom stereocenters. The molecule has 0 radical (unpaired) electrons. The van der Waals surface area contributed by atoms with Crippen LogP contribution in [-0.4, -0.2) is 37.0 Å². The minimum absolute atomic E-state index is 0.0818. The van der Waals surface area contributed by atoms with Crippen LogP contribution >= 0.6 is 0 Å². The smallest absolute Gasteiger partial charge is 0.165 e. The quantitative estimate of drug-likeness (QED) is 0.762. The first-order valence-corrected chi connectivity index (χ1v) is 7.72. The second-order valence-corrected chi connectivity index (χ2v) is 6.63. The van der Waals surface area contributed by atoms with E-state index in [1.807, 2.05) is 12.1 Å². The molecule has 0 aromatic heterocycles. The van der Waals surface area contributed by atoms with Gasteiger partial charge in [0.1, 0.15) is 12.2 Å². The van der Waals surface area contributed by atoms with Gasteiger partial charge in [0.25, 0.3) is 0 Å². The third-order valence-corrected chi connectivity index (χ3v) is 5.88. The van der Waals surface area contributed by atoms with Gasteiger partial charge in [-0.05, 0) is 31.0 Å². The molecule has 2 aliphatic heterocycles. The Labute approximate surface area is 123 Å². The summed E-state index contributed by atoms with van der Waals surface area (Å²) in [4.78, 5) is 0. The van der Waals surface area contributed by atoms with Gasteiger partial charge in [0.05, 0.1) is 7.11 Å². The molecule has 5 atom stereocenters. The number of hydrogen-bond donors (Lipinski definition) is 2. The van der Waals surface area contributed by atoms with Crippen LogP contribution in [0.15, 0.2) is 24.3 Å². The van der Waals surface area contributed by atoms with E-state index in [1.165, 1.54) is 11.1 Å². The van der Waals surface area contributed by atoms with Gasteiger partial charge < -0.3 is 19.9 Å². The van der Waals surface area contributed by atoms with Crippen molar-refractivity contribution in [2.45, 2.75) is 36.5 Å². The van der Waals surface area contributed by atoms with E-state index < -0.39 is 6.10 Å². The normalized spacial score (nSPS) is 41.4. The number of piperidine rings is 1. The largest absolute Gasteiger partial charge is 0.493 e. The highest BCUT2D eigenvalue weighted by Gasteiger charge is 2.63. The monoisotopic (exact) mass is 288 g/mol. The summed E-state index contributed by atoms with van der Waals surface area (Å²) >= 11 is 0. The summed E-state index contributed by atoms with van der Waals surface area (Å²) in [5.74, 6) is 2.06. The first kappa shape index (κ1) is 12.1. The molecule has 110 valence electrons. The Morgan fingerprint density at radius 2 is 2.29 bits per heavy atom. The molecule has 4 heteroatoms. The first-order valence-electron chi connectivity index (χ1n) is 7.72. The van der Waals surface area contributed by atoms with Gasteiger partial charge >= 0.3 is 0 Å². The minimum atomic E-state index is -0.539. The molecule has 1 spiro atoms. The van der Waals surface area contributed by atoms with Crippen LogP contribution in [0.5, 0.6) is 11.5 Å². The van der Waals surface area contributed by atoms with E-state index in [4.69, 9.17) is 9.47 Å². The number of ether oxygens (including phenoxy) is 2. The van der Waals surface area contributed by atoms with E-state index in [9.17, 15) is 5.11 Å². The molecule has 1 saturated heterocycles. The van der Waals surface area contributed by atoms with E-state index >= 15 is 0 Å². The van der Waals surface area contributed by atoms with Crippen LogP contribution in [0, 0.1) is 5.92 Å². The molecule has 4 nitrogen and oxygen atoms in total. The van der Waals surface area contributed by atoms with Crippen molar-refractivity contribution in [1.29, 1.82) is 0 Å². The van der Waals surface area contributed by atoms with Crippen molar-refractivity contribution in [2.24, 2.45) is 5.92 Å². The predicted molar refractivity (Wildman–Crippen MR) is 77.8 cm³/mol. The van der Waals surface area contributed by atoms with E-state index in [-0.39, 0.29) is 11.5 Å². The summed E-state index contributed by atoms with van der Waals surface area (Å²) in [6, 6.07) is 4.62. The fourth-order valence-electron chi connectivity index (χ4n) is 5.13. The van der Waals surface area contributed by atoms with Gasteiger partial charge in [0.2, 0.25) is 0 Å². The van der Waals surface area contributed by atoms with Crippen LogP contribution in [-0.2, 0) is 11.8 Å². The number of methoxy groups -OCH3 is 1. The van der Waals surface area contributed by atoms with Crippen molar-refractivity contribution in [1.82, 2.24) is 5.32 Å². The summed E-state index contributed by atoms with van der Waals surface area (Å²) in [6.45, 7) is 0.984. The van der Waals surface area contributed by atoms with Gasteiger partial charge in [-0.25, -0.2) is 0 Å². The highest BCUT2D eigenvalue weighted by atomic mass is 17.4. The molecule has 2 heterocycles. The van der Waals surface area contributed by atoms with Crippen LogP contribution in [0.2, 0.25) is 0 Å². The molecule has 1 aromatic rings. The molecule has 2 bridgehead atoms. The third kappa shape index (κ3) is 1.25. The summed E-state index contributed by atoms with van der Waals surface area (Å²) in [5.41, 5.74) is 2.57. The number of aliphatic hydroxyl groups excluding tert-OH is 1. The molecular weight excluding hydrogens is 269 g/mol. The van der Waals surface area contributed by atoms with Crippen molar-refractivity contribution in [3.05, 3.63) is 35.4 Å². The number of benzene rings is 1. The number of rotatable bonds is 1. The molecule has 4 aliphatic rings. The fourth-order valence-corrected chi connectivity index (χ4v) is 5.13. The summed E-state index contributed by atoms with van der Waals surface area (Å²) in [7, 11) is 1.68. The molecule has 5 rings (SSSR count). The van der Waals surface area contributed by atoms with Crippen molar-refractivity contribution in [3.8, 4) is 11.5 Å². The number of aliphatic hydroxyl groups is 1. The maximum atomic E-state index is 10.5. The van der Waals surface area contributed by atoms with Crippen molar-refractivity contribution in [3.63, 3.8) is 0 Å². The molecule has 2 aliphatic carbocycles. The highest BCUT2D eigenvalue weighted by molar-refractivity contribution is 5.62. The summed E-state index contributed by atoms with van der Waals surface area (Å²) < 4.78 is 11.8. The zero-order valence-corrected chi connectivity index (χ0v) is 12.0. The molecule has 1 aromatic carbocycles. The second kappa shape index (κ2) is 3.81. The summed E-state index contributed by atoms with van der Waals surface area (Å²) in [5, 5.41) is 14.1. The van der Waals surface area contributed by atoms with Gasteiger partial charge in [-0.3, -0.25) is 0 Å². The van der Waals surface area contributed by atoms with E-state index in [2.05, 4.69) is 17.5 Å². The number of hydrogen-bond acceptors (Lipinski definition) is 4. The maximum Gasteiger partial charge on any atom is 0.165 e. The fraction of sp³-hybridized carbons (Fsp3) is 0.529. The molecule has 0 saturated carbocycles. The molecule has 2 N–H and O–H groups in total. The van der Waals surface area contributed by atoms with E-state index in [1.54, 1.807) is 7.11 Å². The Hall–Kier alpha value is -1.52. The Bertz CT molecular complexity index is 656. The maximum absolute atomic E-state index is 10.5. The van der Waals surface area contributed by atoms with Crippen molar-refractivity contribution < 1.29 is 14.6 Å². The Kier molecular flexibility index (Phi) is 2.19. The second-order valence-electron chi connectivity index (χ2n) is 6.63. The Morgan fingerprint density at radius 1 is 1.38 bits per heavy atom. The van der Waals surface area contributed by atoms with Crippen molar-refractivity contribution in [2.75, 3.05) is 13.7 Å². The Morgan fingerprint density at radius 3 is 3.14 bits per heavy atom. The molecular formula is C17H19NO3. The van der Waals surface area contributed by atoms with Crippen LogP contribution in [0.25, 0.3) is 0 Å². The van der Waals surface area contributed by atoms with E-state index in [0.29, 0.717) is 12.0 Å². The van der Waals surface area contributed by atoms with E-state index in [0.717, 1.165) is 30.9 Å². The SMILES string of the molecule is COc1ccc2c3c1O[C@H]1[C@@H](O)C=C[C@H]4[C@@H](C2)[17NH]CC[C@@]341. The third-order valence-electron chi connectivity index (χ3n) is 5.88. The highest BCUT2D eigenvalue weighted by Crippen LogP contribution is 2.61. The van der Waals surface area contributed by atoms with Gasteiger partial charge in [0, 0.05) is 22.9 Å². The lowest BCUT2D eigenvalue weighted by atomic mass is 9.55. The van der Waals surface area contributed by atoms with Crippen LogP contribution in [0.3, 0.4) is 0 Å². The molecule has 1 fully saturated rings. The predicted octanol–water partition coefficient (Wildman–Crippen LogP) is 1.16. The topological polar surface area (TPSA) is 50.7 Å². The standard InChI is InChI=1S/C17H19NO3/c1-20-13-5-2-9-8-11-10-3-4-12(19)16-17(10,6-7-18-11)14(9)15(13)21-16/h2-5,10-12,16,18-19H,6-8H2,1H3/t10-,11+,12-,16-,17-/m0/s1/i18+3. The van der Waals surface area contributed by atoms with Gasteiger partial charge in [0.15, 0.2) is 11.5 Å². The zero-order chi connectivity index (χ0) is 14.2. The first-order chi connectivity index (χ1) is 10.3. The van der Waals surface area contributed by atoms with Crippen LogP contribution < -0.4 is 14.8 Å². The lowest BCUT2D eigenvalue weighted by molar-refractivity contribution is -0.0177. The number of nitrogens with one attached hydrogen (secondary N) is 1. The molecule has 0 amide bonds. The van der Waals surface area contributed by atoms with Gasteiger partial charge in [-0.2, -0.15) is 0 Å². The van der Waals surface area contributed by atoms with Gasteiger partial charge in [-0.15, -0.1) is 0 Å². The average molecular weight is 288 g/mol. The summed E-state index contributed by atoms with van der Waals surface area (Å²) in [6.07, 6.45) is 5.43. The lowest BCUT2D eigenvalue weighted by Gasteiger charge is -2.53. The van der Waals surface area contributed by atoms with Gasteiger partial charge in [-0.1, -0.05) is 18.2 Å². The molecule has 21 heavy (non-hydrogen) atoms.